The van der Waals surface area contributed by atoms with Crippen LogP contribution in [0.25, 0.3) is 5.69 Å². The van der Waals surface area contributed by atoms with Crippen molar-refractivity contribution in [1.29, 1.82) is 0 Å². The van der Waals surface area contributed by atoms with Crippen LogP contribution in [0.5, 0.6) is 5.75 Å². The number of hydrogen-bond acceptors (Lipinski definition) is 4. The van der Waals surface area contributed by atoms with Gasteiger partial charge in [0.25, 0.3) is 5.91 Å². The van der Waals surface area contributed by atoms with E-state index in [1.807, 2.05) is 31.2 Å². The molecule has 1 saturated heterocycles. The van der Waals surface area contributed by atoms with Crippen molar-refractivity contribution < 1.29 is 19.4 Å². The number of carboxylic acids is 1. The molecule has 28 heavy (non-hydrogen) atoms. The number of aliphatic carboxylic acids is 1. The summed E-state index contributed by atoms with van der Waals surface area (Å²) in [7, 11) is 1.62. The maximum atomic E-state index is 13.2. The SMILES string of the molecule is CCc1c(C(=O)N2C[C@@H]3CCC[C@@]3(C(=O)O)C2)cnn1-c1ccc(OC)cc1. The lowest BCUT2D eigenvalue weighted by atomic mass is 9.81. The average Bonchev–Trinajstić information content (AvgIpc) is 3.39. The molecule has 1 amide bonds. The van der Waals surface area contributed by atoms with Crippen LogP contribution in [0, 0.1) is 11.3 Å². The zero-order chi connectivity index (χ0) is 19.9. The van der Waals surface area contributed by atoms with Gasteiger partial charge >= 0.3 is 5.97 Å². The molecule has 1 aromatic heterocycles. The summed E-state index contributed by atoms with van der Waals surface area (Å²) in [5.74, 6) is -0.0786. The van der Waals surface area contributed by atoms with Gasteiger partial charge < -0.3 is 14.7 Å². The summed E-state index contributed by atoms with van der Waals surface area (Å²) in [6.45, 7) is 2.80. The molecule has 1 N–H and O–H groups in total. The number of nitrogens with zero attached hydrogens (tertiary/aromatic N) is 3. The Morgan fingerprint density at radius 3 is 2.68 bits per heavy atom. The molecule has 148 valence electrons. The minimum Gasteiger partial charge on any atom is -0.497 e. The van der Waals surface area contributed by atoms with Crippen LogP contribution < -0.4 is 4.74 Å². The lowest BCUT2D eigenvalue weighted by Gasteiger charge is -2.23. The van der Waals surface area contributed by atoms with Gasteiger partial charge in [-0.3, -0.25) is 9.59 Å². The normalized spacial score (nSPS) is 23.6. The highest BCUT2D eigenvalue weighted by molar-refractivity contribution is 5.96. The zero-order valence-electron chi connectivity index (χ0n) is 16.2. The molecule has 1 aliphatic heterocycles. The van der Waals surface area contributed by atoms with E-state index in [1.165, 1.54) is 0 Å². The van der Waals surface area contributed by atoms with Crippen LogP contribution in [0.3, 0.4) is 0 Å². The first-order valence-corrected chi connectivity index (χ1v) is 9.74. The highest BCUT2D eigenvalue weighted by atomic mass is 16.5. The van der Waals surface area contributed by atoms with Crippen LogP contribution >= 0.6 is 0 Å². The Balaban J connectivity index is 1.62. The van der Waals surface area contributed by atoms with Crippen LogP contribution in [-0.2, 0) is 11.2 Å². The quantitative estimate of drug-likeness (QED) is 0.858. The summed E-state index contributed by atoms with van der Waals surface area (Å²) >= 11 is 0. The van der Waals surface area contributed by atoms with Crippen molar-refractivity contribution in [3.05, 3.63) is 41.7 Å². The second-order valence-corrected chi connectivity index (χ2v) is 7.70. The largest absolute Gasteiger partial charge is 0.497 e. The van der Waals surface area contributed by atoms with Crippen LogP contribution in [0.15, 0.2) is 30.5 Å². The van der Waals surface area contributed by atoms with Crippen molar-refractivity contribution in [2.24, 2.45) is 11.3 Å². The van der Waals surface area contributed by atoms with Gasteiger partial charge in [0.15, 0.2) is 0 Å². The molecule has 0 spiro atoms. The molecule has 4 rings (SSSR count). The number of methoxy groups -OCH3 is 1. The molecular weight excluding hydrogens is 358 g/mol. The van der Waals surface area contributed by atoms with E-state index >= 15 is 0 Å². The van der Waals surface area contributed by atoms with E-state index in [2.05, 4.69) is 5.10 Å². The monoisotopic (exact) mass is 383 g/mol. The van der Waals surface area contributed by atoms with E-state index in [1.54, 1.807) is 22.9 Å². The minimum atomic E-state index is -0.770. The predicted molar refractivity (Wildman–Crippen MR) is 103 cm³/mol. The average molecular weight is 383 g/mol. The Hall–Kier alpha value is -2.83. The van der Waals surface area contributed by atoms with E-state index in [4.69, 9.17) is 4.74 Å². The van der Waals surface area contributed by atoms with Crippen molar-refractivity contribution in [2.45, 2.75) is 32.6 Å². The molecule has 0 radical (unpaired) electrons. The van der Waals surface area contributed by atoms with Gasteiger partial charge in [-0.15, -0.1) is 0 Å². The lowest BCUT2D eigenvalue weighted by Crippen LogP contribution is -2.37. The van der Waals surface area contributed by atoms with Gasteiger partial charge in [0.05, 0.1) is 35.7 Å². The number of carbonyl (C=O) groups is 2. The Bertz CT molecular complexity index is 905. The van der Waals surface area contributed by atoms with E-state index in [0.717, 1.165) is 30.0 Å². The Kier molecular flexibility index (Phi) is 4.61. The molecule has 1 saturated carbocycles. The van der Waals surface area contributed by atoms with E-state index in [0.29, 0.717) is 31.5 Å². The third kappa shape index (κ3) is 2.77. The Morgan fingerprint density at radius 2 is 2.07 bits per heavy atom. The van der Waals surface area contributed by atoms with Crippen LogP contribution in [-0.4, -0.2) is 51.9 Å². The molecule has 2 aliphatic rings. The Labute approximate surface area is 163 Å². The smallest absolute Gasteiger partial charge is 0.311 e. The number of amides is 1. The standard InChI is InChI=1S/C21H25N3O4/c1-3-18-17(11-22-24(18)15-6-8-16(28-2)9-7-15)19(25)23-12-14-5-4-10-21(14,13-23)20(26)27/h6-9,11,14H,3-5,10,12-13H2,1-2H3,(H,26,27)/t14-,21+/m0/s1. The highest BCUT2D eigenvalue weighted by Crippen LogP contribution is 2.49. The first-order valence-electron chi connectivity index (χ1n) is 9.74. The fourth-order valence-electron chi connectivity index (χ4n) is 4.80. The van der Waals surface area contributed by atoms with Crippen molar-refractivity contribution in [2.75, 3.05) is 20.2 Å². The van der Waals surface area contributed by atoms with E-state index < -0.39 is 11.4 Å². The van der Waals surface area contributed by atoms with Gasteiger partial charge in [-0.2, -0.15) is 5.10 Å². The first-order chi connectivity index (χ1) is 13.5. The maximum absolute atomic E-state index is 13.2. The summed E-state index contributed by atoms with van der Waals surface area (Å²) < 4.78 is 6.97. The third-order valence-electron chi connectivity index (χ3n) is 6.34. The topological polar surface area (TPSA) is 84.7 Å². The number of carbonyl (C=O) groups excluding carboxylic acids is 1. The second-order valence-electron chi connectivity index (χ2n) is 7.70. The Morgan fingerprint density at radius 1 is 1.32 bits per heavy atom. The molecule has 2 heterocycles. The van der Waals surface area contributed by atoms with Crippen molar-refractivity contribution in [3.63, 3.8) is 0 Å². The van der Waals surface area contributed by atoms with Crippen LogP contribution in [0.1, 0.15) is 42.2 Å². The molecular formula is C21H25N3O4. The number of carboxylic acid groups (broad SMARTS) is 1. The van der Waals surface area contributed by atoms with Gasteiger partial charge in [0.2, 0.25) is 0 Å². The first kappa shape index (κ1) is 18.5. The number of rotatable bonds is 5. The number of benzene rings is 1. The molecule has 1 aliphatic carbocycles. The lowest BCUT2D eigenvalue weighted by molar-refractivity contribution is -0.149. The number of aromatic nitrogens is 2. The molecule has 7 heteroatoms. The van der Waals surface area contributed by atoms with Gasteiger partial charge in [-0.25, -0.2) is 4.68 Å². The van der Waals surface area contributed by atoms with E-state index in [-0.39, 0.29) is 11.8 Å². The fraction of sp³-hybridized carbons (Fsp3) is 0.476. The summed E-state index contributed by atoms with van der Waals surface area (Å²) in [5, 5.41) is 14.2. The fourth-order valence-corrected chi connectivity index (χ4v) is 4.80. The number of hydrogen-bond donors (Lipinski definition) is 1. The summed E-state index contributed by atoms with van der Waals surface area (Å²) in [4.78, 5) is 26.9. The molecule has 2 aromatic rings. The molecule has 2 atom stereocenters. The predicted octanol–water partition coefficient (Wildman–Crippen LogP) is 2.77. The summed E-state index contributed by atoms with van der Waals surface area (Å²) in [6, 6.07) is 7.52. The minimum absolute atomic E-state index is 0.0515. The van der Waals surface area contributed by atoms with Gasteiger partial charge in [0, 0.05) is 13.1 Å². The number of ether oxygens (including phenoxy) is 1. The molecule has 2 fully saturated rings. The molecule has 7 nitrogen and oxygen atoms in total. The summed E-state index contributed by atoms with van der Waals surface area (Å²) in [6.07, 6.45) is 4.71. The number of likely N-dealkylation sites (tertiary alicyclic amines) is 1. The maximum Gasteiger partial charge on any atom is 0.311 e. The summed E-state index contributed by atoms with van der Waals surface area (Å²) in [5.41, 5.74) is 1.47. The third-order valence-corrected chi connectivity index (χ3v) is 6.34. The van der Waals surface area contributed by atoms with E-state index in [9.17, 15) is 14.7 Å². The van der Waals surface area contributed by atoms with Crippen molar-refractivity contribution >= 4 is 11.9 Å². The second kappa shape index (κ2) is 6.96. The highest BCUT2D eigenvalue weighted by Gasteiger charge is 2.56. The van der Waals surface area contributed by atoms with Crippen molar-refractivity contribution in [1.82, 2.24) is 14.7 Å². The molecule has 0 bridgehead atoms. The van der Waals surface area contributed by atoms with Crippen molar-refractivity contribution in [3.8, 4) is 11.4 Å². The van der Waals surface area contributed by atoms with Crippen LogP contribution in [0.2, 0.25) is 0 Å². The van der Waals surface area contributed by atoms with Gasteiger partial charge in [-0.05, 0) is 49.4 Å². The zero-order valence-corrected chi connectivity index (χ0v) is 16.2. The van der Waals surface area contributed by atoms with Gasteiger partial charge in [0.1, 0.15) is 5.75 Å². The molecule has 0 unspecified atom stereocenters. The molecule has 1 aromatic carbocycles. The van der Waals surface area contributed by atoms with Gasteiger partial charge in [-0.1, -0.05) is 13.3 Å². The van der Waals surface area contributed by atoms with Crippen LogP contribution in [0.4, 0.5) is 0 Å². The number of fused-ring (bicyclic) bond motifs is 1.